The first-order valence-electron chi connectivity index (χ1n) is 9.03. The van der Waals surface area contributed by atoms with Crippen LogP contribution in [0.15, 0.2) is 6.07 Å². The third-order valence-electron chi connectivity index (χ3n) is 5.56. The van der Waals surface area contributed by atoms with Gasteiger partial charge in [-0.05, 0) is 50.8 Å². The highest BCUT2D eigenvalue weighted by atomic mass is 32.1. The second kappa shape index (κ2) is 6.48. The molecule has 1 aromatic rings. The average molecular weight is 347 g/mol. The van der Waals surface area contributed by atoms with Crippen molar-refractivity contribution in [3.63, 3.8) is 0 Å². The lowest BCUT2D eigenvalue weighted by atomic mass is 10.1. The van der Waals surface area contributed by atoms with Crippen LogP contribution in [0.2, 0.25) is 0 Å². The SMILES string of the molecule is CN1CCc2cc(C(=O)N3CCC[C@H]3C(=O)N3CCC3)sc2CC1. The molecule has 0 saturated carbocycles. The van der Waals surface area contributed by atoms with E-state index in [-0.39, 0.29) is 17.9 Å². The second-order valence-corrected chi connectivity index (χ2v) is 8.33. The quantitative estimate of drug-likeness (QED) is 0.816. The zero-order chi connectivity index (χ0) is 16.7. The van der Waals surface area contributed by atoms with Gasteiger partial charge in [-0.25, -0.2) is 0 Å². The molecule has 0 bridgehead atoms. The second-order valence-electron chi connectivity index (χ2n) is 7.20. The van der Waals surface area contributed by atoms with Crippen molar-refractivity contribution in [1.29, 1.82) is 0 Å². The number of hydrogen-bond acceptors (Lipinski definition) is 4. The van der Waals surface area contributed by atoms with Gasteiger partial charge in [-0.2, -0.15) is 0 Å². The Morgan fingerprint density at radius 1 is 1.08 bits per heavy atom. The molecule has 5 nitrogen and oxygen atoms in total. The average Bonchev–Trinajstić information content (AvgIpc) is 3.12. The number of likely N-dealkylation sites (tertiary alicyclic amines) is 2. The maximum atomic E-state index is 13.0. The van der Waals surface area contributed by atoms with Gasteiger partial charge in [0.1, 0.15) is 6.04 Å². The van der Waals surface area contributed by atoms with Crippen LogP contribution in [0, 0.1) is 0 Å². The van der Waals surface area contributed by atoms with Crippen molar-refractivity contribution in [3.05, 3.63) is 21.4 Å². The summed E-state index contributed by atoms with van der Waals surface area (Å²) in [7, 11) is 2.15. The zero-order valence-corrected chi connectivity index (χ0v) is 15.1. The van der Waals surface area contributed by atoms with Crippen molar-refractivity contribution in [1.82, 2.24) is 14.7 Å². The fourth-order valence-corrected chi connectivity index (χ4v) is 5.02. The Kier molecular flexibility index (Phi) is 4.35. The number of nitrogens with zero attached hydrogens (tertiary/aromatic N) is 3. The first kappa shape index (κ1) is 16.1. The first-order chi connectivity index (χ1) is 11.6. The van der Waals surface area contributed by atoms with Crippen LogP contribution in [-0.2, 0) is 17.6 Å². The standard InChI is InChI=1S/C18H25N3O2S/c1-19-10-5-13-12-16(24-15(13)6-11-19)18(23)21-9-2-4-14(21)17(22)20-7-3-8-20/h12,14H,2-11H2,1H3/t14-/m0/s1. The van der Waals surface area contributed by atoms with Gasteiger partial charge in [0.25, 0.3) is 5.91 Å². The van der Waals surface area contributed by atoms with Crippen molar-refractivity contribution in [2.75, 3.05) is 39.8 Å². The molecule has 0 aliphatic carbocycles. The number of likely N-dealkylation sites (N-methyl/N-ethyl adjacent to an activating group) is 1. The molecular weight excluding hydrogens is 322 g/mol. The molecule has 3 aliphatic rings. The number of amides is 2. The van der Waals surface area contributed by atoms with E-state index in [0.29, 0.717) is 6.54 Å². The normalized spacial score (nSPS) is 24.5. The predicted octanol–water partition coefficient (Wildman–Crippen LogP) is 1.62. The summed E-state index contributed by atoms with van der Waals surface area (Å²) in [4.78, 5) is 33.8. The fourth-order valence-electron chi connectivity index (χ4n) is 3.87. The van der Waals surface area contributed by atoms with Crippen LogP contribution in [0.25, 0.3) is 0 Å². The van der Waals surface area contributed by atoms with Crippen LogP contribution in [0.5, 0.6) is 0 Å². The highest BCUT2D eigenvalue weighted by Gasteiger charge is 2.38. The third-order valence-corrected chi connectivity index (χ3v) is 6.78. The highest BCUT2D eigenvalue weighted by Crippen LogP contribution is 2.30. The number of hydrogen-bond donors (Lipinski definition) is 0. The number of fused-ring (bicyclic) bond motifs is 1. The molecule has 6 heteroatoms. The van der Waals surface area contributed by atoms with Gasteiger partial charge in [0.2, 0.25) is 5.91 Å². The maximum absolute atomic E-state index is 13.0. The van der Waals surface area contributed by atoms with E-state index in [9.17, 15) is 9.59 Å². The molecule has 130 valence electrons. The van der Waals surface area contributed by atoms with Crippen LogP contribution in [0.3, 0.4) is 0 Å². The smallest absolute Gasteiger partial charge is 0.264 e. The van der Waals surface area contributed by atoms with Gasteiger partial charge in [0, 0.05) is 37.6 Å². The van der Waals surface area contributed by atoms with E-state index < -0.39 is 0 Å². The Morgan fingerprint density at radius 2 is 1.88 bits per heavy atom. The van der Waals surface area contributed by atoms with Crippen molar-refractivity contribution >= 4 is 23.2 Å². The number of rotatable bonds is 2. The predicted molar refractivity (Wildman–Crippen MR) is 94.5 cm³/mol. The van der Waals surface area contributed by atoms with E-state index in [1.54, 1.807) is 11.3 Å². The van der Waals surface area contributed by atoms with Crippen LogP contribution in [-0.4, -0.2) is 72.3 Å². The summed E-state index contributed by atoms with van der Waals surface area (Å²) in [6.07, 6.45) is 4.90. The molecule has 1 atom stereocenters. The molecule has 0 unspecified atom stereocenters. The Morgan fingerprint density at radius 3 is 2.62 bits per heavy atom. The third kappa shape index (κ3) is 2.86. The molecule has 0 N–H and O–H groups in total. The summed E-state index contributed by atoms with van der Waals surface area (Å²) in [6.45, 7) is 4.54. The summed E-state index contributed by atoms with van der Waals surface area (Å²) in [5.41, 5.74) is 1.33. The molecule has 3 aliphatic heterocycles. The maximum Gasteiger partial charge on any atom is 0.264 e. The van der Waals surface area contributed by atoms with Gasteiger partial charge < -0.3 is 14.7 Å². The highest BCUT2D eigenvalue weighted by molar-refractivity contribution is 7.14. The topological polar surface area (TPSA) is 43.9 Å². The van der Waals surface area contributed by atoms with E-state index in [2.05, 4.69) is 18.0 Å². The van der Waals surface area contributed by atoms with Crippen molar-refractivity contribution < 1.29 is 9.59 Å². The summed E-state index contributed by atoms with van der Waals surface area (Å²) < 4.78 is 0. The molecule has 2 saturated heterocycles. The van der Waals surface area contributed by atoms with Crippen molar-refractivity contribution in [3.8, 4) is 0 Å². The van der Waals surface area contributed by atoms with E-state index >= 15 is 0 Å². The van der Waals surface area contributed by atoms with Crippen LogP contribution in [0.4, 0.5) is 0 Å². The summed E-state index contributed by atoms with van der Waals surface area (Å²) in [6, 6.07) is 1.86. The summed E-state index contributed by atoms with van der Waals surface area (Å²) in [5.74, 6) is 0.227. The summed E-state index contributed by atoms with van der Waals surface area (Å²) in [5, 5.41) is 0. The molecule has 24 heavy (non-hydrogen) atoms. The van der Waals surface area contributed by atoms with Crippen LogP contribution < -0.4 is 0 Å². The van der Waals surface area contributed by atoms with Gasteiger partial charge >= 0.3 is 0 Å². The molecule has 2 fully saturated rings. The first-order valence-corrected chi connectivity index (χ1v) is 9.85. The largest absolute Gasteiger partial charge is 0.341 e. The van der Waals surface area contributed by atoms with E-state index in [1.807, 2.05) is 9.80 Å². The number of carbonyl (C=O) groups excluding carboxylic acids is 2. The zero-order valence-electron chi connectivity index (χ0n) is 14.3. The Hall–Kier alpha value is -1.40. The van der Waals surface area contributed by atoms with E-state index in [4.69, 9.17) is 0 Å². The lowest BCUT2D eigenvalue weighted by molar-refractivity contribution is -0.138. The number of carbonyl (C=O) groups is 2. The molecular formula is C18H25N3O2S. The molecule has 0 radical (unpaired) electrons. The fraction of sp³-hybridized carbons (Fsp3) is 0.667. The van der Waals surface area contributed by atoms with E-state index in [1.165, 1.54) is 10.4 Å². The van der Waals surface area contributed by atoms with E-state index in [0.717, 1.165) is 63.2 Å². The minimum Gasteiger partial charge on any atom is -0.341 e. The minimum atomic E-state index is -0.231. The molecule has 1 aromatic heterocycles. The van der Waals surface area contributed by atoms with Gasteiger partial charge in [-0.3, -0.25) is 9.59 Å². The van der Waals surface area contributed by atoms with Gasteiger partial charge in [-0.1, -0.05) is 0 Å². The lowest BCUT2D eigenvalue weighted by Crippen LogP contribution is -2.52. The van der Waals surface area contributed by atoms with Crippen molar-refractivity contribution in [2.45, 2.75) is 38.1 Å². The monoisotopic (exact) mass is 347 g/mol. The summed E-state index contributed by atoms with van der Waals surface area (Å²) >= 11 is 1.64. The minimum absolute atomic E-state index is 0.0674. The molecule has 4 rings (SSSR count). The Bertz CT molecular complexity index is 627. The Labute approximate surface area is 147 Å². The lowest BCUT2D eigenvalue weighted by Gasteiger charge is -2.35. The number of thiophene rings is 1. The van der Waals surface area contributed by atoms with Gasteiger partial charge in [0.15, 0.2) is 0 Å². The van der Waals surface area contributed by atoms with Crippen LogP contribution >= 0.6 is 11.3 Å². The molecule has 0 aromatic carbocycles. The molecule has 0 spiro atoms. The van der Waals surface area contributed by atoms with Gasteiger partial charge in [-0.15, -0.1) is 11.3 Å². The van der Waals surface area contributed by atoms with Gasteiger partial charge in [0.05, 0.1) is 4.88 Å². The van der Waals surface area contributed by atoms with Crippen LogP contribution in [0.1, 0.15) is 39.4 Å². The van der Waals surface area contributed by atoms with Crippen molar-refractivity contribution in [2.24, 2.45) is 0 Å². The molecule has 2 amide bonds. The Balaban J connectivity index is 1.51. The molecule has 4 heterocycles.